The van der Waals surface area contributed by atoms with Crippen LogP contribution in [0.1, 0.15) is 203 Å². The summed E-state index contributed by atoms with van der Waals surface area (Å²) in [6.45, 7) is 40.7. The summed E-state index contributed by atoms with van der Waals surface area (Å²) in [5, 5.41) is 0.00554. The second kappa shape index (κ2) is 32.5. The Morgan fingerprint density at radius 1 is 0.667 bits per heavy atom. The van der Waals surface area contributed by atoms with E-state index in [2.05, 4.69) is 102 Å². The summed E-state index contributed by atoms with van der Waals surface area (Å²) in [6.07, 6.45) is 2.56. The molecular formula is C87H126O20Si. The number of ether oxygens (including phenoxy) is 16. The van der Waals surface area contributed by atoms with Crippen molar-refractivity contribution in [3.05, 3.63) is 96.1 Å². The van der Waals surface area contributed by atoms with Crippen LogP contribution in [0.15, 0.2) is 85.0 Å². The monoisotopic (exact) mass is 1520 g/mol. The topological polar surface area (TPSA) is 208 Å². The molecule has 13 aliphatic heterocycles. The van der Waals surface area contributed by atoms with E-state index in [1.54, 1.807) is 20.3 Å². The molecule has 13 aliphatic rings. The van der Waals surface area contributed by atoms with Gasteiger partial charge in [0.2, 0.25) is 11.6 Å². The van der Waals surface area contributed by atoms with Gasteiger partial charge in [0.25, 0.3) is 0 Å². The van der Waals surface area contributed by atoms with Crippen molar-refractivity contribution in [1.82, 2.24) is 0 Å². The molecule has 32 unspecified atom stereocenters. The Hall–Kier alpha value is -4.27. The van der Waals surface area contributed by atoms with Crippen molar-refractivity contribution < 1.29 is 94.6 Å². The molecule has 2 aromatic carbocycles. The fraction of sp³-hybridized carbons (Fsp3) is 0.759. The van der Waals surface area contributed by atoms with Gasteiger partial charge in [-0.05, 0) is 158 Å². The summed E-state index contributed by atoms with van der Waals surface area (Å²) in [7, 11) is 1.06. The average Bonchev–Trinajstić information content (AvgIpc) is 1.49. The van der Waals surface area contributed by atoms with Crippen LogP contribution >= 0.6 is 0 Å². The number of hydrogen-bond donors (Lipinski definition) is 0. The molecule has 12 bridgehead atoms. The SMILES string of the molecule is C=C1CC2CCC34OC5C6OC(CCC6OC6C5OC5(OC(c7ccc(OC)cc7)OC35)C6O4)CC(=O)OC3C(CC4OC(CCC1O2)CC(C)C4=C)OC1CC(C)C(CC(=O)/C=C/C(OCc2ccc(OC)cc2)C(C)CC(=O)CC(C)C2OC(C(C)CC(C)CC)C(C)C2O[Si](C)(C)C(C)(C)C)OC1C3C. The van der Waals surface area contributed by atoms with E-state index in [0.717, 1.165) is 60.1 Å². The highest BCUT2D eigenvalue weighted by molar-refractivity contribution is 6.74. The van der Waals surface area contributed by atoms with E-state index in [1.165, 1.54) is 0 Å². The number of allylic oxidation sites excluding steroid dienone is 1. The lowest BCUT2D eigenvalue weighted by Crippen LogP contribution is -2.63. The van der Waals surface area contributed by atoms with Gasteiger partial charge in [-0.1, -0.05) is 133 Å². The fourth-order valence-corrected chi connectivity index (χ4v) is 21.4. The maximum Gasteiger partial charge on any atom is 0.308 e. The largest absolute Gasteiger partial charge is 0.497 e. The van der Waals surface area contributed by atoms with Crippen LogP contribution in [0.2, 0.25) is 18.1 Å². The first-order valence-electron chi connectivity index (χ1n) is 41.2. The highest BCUT2D eigenvalue weighted by Gasteiger charge is 2.83. The molecule has 0 aliphatic carbocycles. The van der Waals surface area contributed by atoms with Crippen LogP contribution < -0.4 is 9.47 Å². The van der Waals surface area contributed by atoms with Crippen molar-refractivity contribution in [3.8, 4) is 11.5 Å². The zero-order valence-electron chi connectivity index (χ0n) is 67.2. The molecule has 20 nitrogen and oxygen atoms in total. The standard InChI is InChI=1S/C87H126O20Si/c1-19-46(2)36-51(7)73-54(10)77(107-108(17,18)85(12,13)14)74(101-73)52(8)38-59(89)37-48(4)65(93-45-56-20-25-60(91-15)26-21-56)31-24-58(88)42-68-50(6)41-70-75(99-68)55(11)76-71(97-70)44-69-53(9)47(3)39-62(95-69)29-32-66-49(5)40-64(94-66)34-35-86-84-87(106-83(102-84)57-22-27-61(92-16)28-23-57)82(105-86)81-80(104-87)79(103-86)78-67(98-81)33-30-63(96-78)43-72(90)100-76/h20-28,31,46-48,50-52,54-55,62-71,73-84H,5,9,19,29-30,32-45H2,1-4,6-8,10-18H3/b31-24+. The molecule has 13 heterocycles. The number of carbonyl (C=O) groups excluding carboxylic acids is 3. The molecule has 0 radical (unpaired) electrons. The molecular weight excluding hydrogens is 1390 g/mol. The van der Waals surface area contributed by atoms with Crippen molar-refractivity contribution >= 4 is 25.9 Å². The fourth-order valence-electron chi connectivity index (χ4n) is 20.0. The van der Waals surface area contributed by atoms with E-state index in [-0.39, 0.29) is 133 Å². The molecule has 598 valence electrons. The van der Waals surface area contributed by atoms with Crippen LogP contribution in [0.25, 0.3) is 0 Å². The quantitative estimate of drug-likeness (QED) is 0.0464. The van der Waals surface area contributed by atoms with E-state index in [4.69, 9.17) is 80.2 Å². The lowest BCUT2D eigenvalue weighted by molar-refractivity contribution is -0.329. The Balaban J connectivity index is 0.672. The van der Waals surface area contributed by atoms with Crippen LogP contribution in [-0.2, 0) is 91.7 Å². The first kappa shape index (κ1) is 80.3. The van der Waals surface area contributed by atoms with E-state index < -0.39 is 105 Å². The van der Waals surface area contributed by atoms with Crippen molar-refractivity contribution in [1.29, 1.82) is 0 Å². The Labute approximate surface area is 643 Å². The van der Waals surface area contributed by atoms with Gasteiger partial charge >= 0.3 is 5.97 Å². The second-order valence-corrected chi connectivity index (χ2v) is 41.2. The Morgan fingerprint density at radius 2 is 1.36 bits per heavy atom. The molecule has 0 amide bonds. The predicted molar refractivity (Wildman–Crippen MR) is 406 cm³/mol. The van der Waals surface area contributed by atoms with Gasteiger partial charge in [0.15, 0.2) is 26.5 Å². The van der Waals surface area contributed by atoms with Gasteiger partial charge in [-0.3, -0.25) is 14.4 Å². The molecule has 13 saturated heterocycles. The van der Waals surface area contributed by atoms with E-state index in [0.29, 0.717) is 69.0 Å². The molecule has 2 spiro atoms. The van der Waals surface area contributed by atoms with Crippen molar-refractivity contribution in [2.75, 3.05) is 14.2 Å². The average molecular weight is 1520 g/mol. The molecule has 0 aromatic heterocycles. The minimum atomic E-state index is -2.22. The third kappa shape index (κ3) is 16.3. The van der Waals surface area contributed by atoms with Crippen LogP contribution in [0, 0.1) is 47.3 Å². The molecule has 21 heteroatoms. The first-order valence-corrected chi connectivity index (χ1v) is 44.1. The van der Waals surface area contributed by atoms with Gasteiger partial charge in [0.05, 0.1) is 113 Å². The normalized spacial score (nSPS) is 41.7. The molecule has 13 fully saturated rings. The maximum atomic E-state index is 15.0. The molecule has 108 heavy (non-hydrogen) atoms. The van der Waals surface area contributed by atoms with Gasteiger partial charge in [0.1, 0.15) is 53.9 Å². The number of benzene rings is 2. The summed E-state index contributed by atoms with van der Waals surface area (Å²) in [4.78, 5) is 44.1. The zero-order valence-corrected chi connectivity index (χ0v) is 68.2. The van der Waals surface area contributed by atoms with Gasteiger partial charge in [-0.15, -0.1) is 0 Å². The maximum absolute atomic E-state index is 15.0. The number of Topliss-reactive ketones (excluding diaryl/α,β-unsaturated/α-hetero) is 1. The predicted octanol–water partition coefficient (Wildman–Crippen LogP) is 15.1. The van der Waals surface area contributed by atoms with Crippen LogP contribution in [-0.4, -0.2) is 180 Å². The number of fused-ring (bicyclic) bond motifs is 7. The molecule has 0 N–H and O–H groups in total. The highest BCUT2D eigenvalue weighted by atomic mass is 28.4. The van der Waals surface area contributed by atoms with Gasteiger partial charge in [0, 0.05) is 49.5 Å². The number of hydrogen-bond acceptors (Lipinski definition) is 20. The highest BCUT2D eigenvalue weighted by Crippen LogP contribution is 2.65. The van der Waals surface area contributed by atoms with Crippen LogP contribution in [0.3, 0.4) is 0 Å². The van der Waals surface area contributed by atoms with Crippen molar-refractivity contribution in [3.63, 3.8) is 0 Å². The Kier molecular flexibility index (Phi) is 24.2. The molecule has 2 aromatic rings. The molecule has 32 atom stereocenters. The molecule has 0 saturated carbocycles. The summed E-state index contributed by atoms with van der Waals surface area (Å²) in [5.74, 6) is -1.17. The van der Waals surface area contributed by atoms with Gasteiger partial charge < -0.3 is 80.2 Å². The van der Waals surface area contributed by atoms with Crippen molar-refractivity contribution in [2.24, 2.45) is 47.3 Å². The van der Waals surface area contributed by atoms with Crippen molar-refractivity contribution in [2.45, 2.75) is 357 Å². The van der Waals surface area contributed by atoms with E-state index in [9.17, 15) is 14.4 Å². The summed E-state index contributed by atoms with van der Waals surface area (Å²) < 4.78 is 117. The summed E-state index contributed by atoms with van der Waals surface area (Å²) >= 11 is 0. The lowest BCUT2D eigenvalue weighted by atomic mass is 9.77. The number of carbonyl (C=O) groups is 3. The zero-order chi connectivity index (χ0) is 76.6. The second-order valence-electron chi connectivity index (χ2n) is 36.5. The van der Waals surface area contributed by atoms with Crippen LogP contribution in [0.5, 0.6) is 11.5 Å². The lowest BCUT2D eigenvalue weighted by Gasteiger charge is -2.51. The van der Waals surface area contributed by atoms with Gasteiger partial charge in [-0.2, -0.15) is 0 Å². The summed E-state index contributed by atoms with van der Waals surface area (Å²) in [5.41, 5.74) is 3.79. The minimum absolute atomic E-state index is 0.00554. The Morgan fingerprint density at radius 3 is 2.08 bits per heavy atom. The van der Waals surface area contributed by atoms with E-state index >= 15 is 0 Å². The third-order valence-corrected chi connectivity index (χ3v) is 32.0. The smallest absolute Gasteiger partial charge is 0.308 e. The minimum Gasteiger partial charge on any atom is -0.497 e. The Bertz CT molecular complexity index is 3520. The number of ketones is 2. The van der Waals surface area contributed by atoms with E-state index in [1.807, 2.05) is 61.5 Å². The van der Waals surface area contributed by atoms with Crippen LogP contribution in [0.4, 0.5) is 0 Å². The number of methoxy groups -OCH3 is 2. The first-order chi connectivity index (χ1) is 51.4. The van der Waals surface area contributed by atoms with Gasteiger partial charge in [-0.25, -0.2) is 0 Å². The molecule has 15 rings (SSSR count). The summed E-state index contributed by atoms with van der Waals surface area (Å²) in [6, 6.07) is 15.4. The number of esters is 1. The third-order valence-electron chi connectivity index (χ3n) is 27.5. The number of rotatable bonds is 22.